The van der Waals surface area contributed by atoms with Crippen LogP contribution in [0.1, 0.15) is 41.2 Å². The zero-order chi connectivity index (χ0) is 17.1. The van der Waals surface area contributed by atoms with Gasteiger partial charge in [0, 0.05) is 25.0 Å². The number of fused-ring (bicyclic) bond motifs is 1. The zero-order valence-electron chi connectivity index (χ0n) is 14.5. The lowest BCUT2D eigenvalue weighted by molar-refractivity contribution is 0.0752. The Labute approximate surface area is 142 Å². The largest absolute Gasteiger partial charge is 0.335 e. The van der Waals surface area contributed by atoms with Crippen molar-refractivity contribution in [3.8, 4) is 0 Å². The highest BCUT2D eigenvalue weighted by Crippen LogP contribution is 2.16. The van der Waals surface area contributed by atoms with Gasteiger partial charge in [0.1, 0.15) is 5.65 Å². The van der Waals surface area contributed by atoms with E-state index in [-0.39, 0.29) is 5.91 Å². The molecule has 0 N–H and O–H groups in total. The summed E-state index contributed by atoms with van der Waals surface area (Å²) in [6.45, 7) is 7.46. The van der Waals surface area contributed by atoms with Crippen molar-refractivity contribution >= 4 is 11.6 Å². The van der Waals surface area contributed by atoms with Gasteiger partial charge < -0.3 is 9.30 Å². The second-order valence-electron chi connectivity index (χ2n) is 5.95. The lowest BCUT2D eigenvalue weighted by Gasteiger charge is -2.21. The van der Waals surface area contributed by atoms with Crippen molar-refractivity contribution < 1.29 is 4.79 Å². The number of aryl methyl sites for hydroxylation is 2. The molecule has 1 amide bonds. The Morgan fingerprint density at radius 2 is 1.88 bits per heavy atom. The number of carbonyl (C=O) groups is 1. The van der Waals surface area contributed by atoms with Gasteiger partial charge in [0.25, 0.3) is 5.91 Å². The summed E-state index contributed by atoms with van der Waals surface area (Å²) in [6.07, 6.45) is 2.80. The van der Waals surface area contributed by atoms with Crippen molar-refractivity contribution in [1.82, 2.24) is 14.3 Å². The summed E-state index contributed by atoms with van der Waals surface area (Å²) in [5.41, 5.74) is 4.92. The van der Waals surface area contributed by atoms with Crippen molar-refractivity contribution in [3.63, 3.8) is 0 Å². The van der Waals surface area contributed by atoms with Gasteiger partial charge in [0.05, 0.1) is 11.3 Å². The van der Waals surface area contributed by atoms with E-state index < -0.39 is 0 Å². The smallest absolute Gasteiger partial charge is 0.255 e. The molecule has 0 aliphatic rings. The third kappa shape index (κ3) is 3.04. The topological polar surface area (TPSA) is 37.6 Å². The van der Waals surface area contributed by atoms with Crippen LogP contribution in [-0.4, -0.2) is 26.7 Å². The van der Waals surface area contributed by atoms with E-state index >= 15 is 0 Å². The lowest BCUT2D eigenvalue weighted by Crippen LogP contribution is -2.30. The molecule has 4 heteroatoms. The molecule has 0 fully saturated rings. The molecule has 0 bridgehead atoms. The summed E-state index contributed by atoms with van der Waals surface area (Å²) in [7, 11) is 0. The van der Waals surface area contributed by atoms with Gasteiger partial charge in [-0.05, 0) is 38.0 Å². The molecular weight excluding hydrogens is 298 g/mol. The van der Waals surface area contributed by atoms with Crippen LogP contribution in [0.2, 0.25) is 0 Å². The number of carbonyl (C=O) groups excluding carboxylic acids is 1. The highest BCUT2D eigenvalue weighted by atomic mass is 16.2. The summed E-state index contributed by atoms with van der Waals surface area (Å²) in [5, 5.41) is 0. The minimum Gasteiger partial charge on any atom is -0.335 e. The molecule has 3 aromatic rings. The average Bonchev–Trinajstić information content (AvgIpc) is 2.95. The predicted molar refractivity (Wildman–Crippen MR) is 96.2 cm³/mol. The molecule has 2 heterocycles. The molecule has 0 unspecified atom stereocenters. The van der Waals surface area contributed by atoms with Crippen LogP contribution in [-0.2, 0) is 13.0 Å². The number of benzene rings is 1. The number of hydrogen-bond donors (Lipinski definition) is 0. The molecule has 0 aliphatic carbocycles. The first-order valence-corrected chi connectivity index (χ1v) is 8.44. The van der Waals surface area contributed by atoms with Crippen LogP contribution in [0.4, 0.5) is 0 Å². The Hall–Kier alpha value is -2.62. The van der Waals surface area contributed by atoms with E-state index in [1.807, 2.05) is 64.9 Å². The maximum Gasteiger partial charge on any atom is 0.255 e. The number of hydrogen-bond acceptors (Lipinski definition) is 2. The molecule has 0 spiro atoms. The zero-order valence-corrected chi connectivity index (χ0v) is 14.5. The van der Waals surface area contributed by atoms with Gasteiger partial charge in [-0.1, -0.05) is 37.3 Å². The third-order valence-electron chi connectivity index (χ3n) is 4.42. The first kappa shape index (κ1) is 16.2. The average molecular weight is 321 g/mol. The fraction of sp³-hybridized carbons (Fsp3) is 0.300. The Balaban J connectivity index is 1.90. The monoisotopic (exact) mass is 321 g/mol. The van der Waals surface area contributed by atoms with E-state index in [2.05, 4.69) is 18.8 Å². The van der Waals surface area contributed by atoms with Crippen LogP contribution in [0.15, 0.2) is 48.7 Å². The predicted octanol–water partition coefficient (Wildman–Crippen LogP) is 3.87. The van der Waals surface area contributed by atoms with E-state index in [1.54, 1.807) is 0 Å². The summed E-state index contributed by atoms with van der Waals surface area (Å²) in [4.78, 5) is 19.4. The first-order chi connectivity index (χ1) is 11.6. The molecule has 3 rings (SSSR count). The molecule has 0 saturated heterocycles. The molecule has 0 atom stereocenters. The van der Waals surface area contributed by atoms with Gasteiger partial charge in [0.15, 0.2) is 0 Å². The minimum absolute atomic E-state index is 0.0504. The molecule has 24 heavy (non-hydrogen) atoms. The SMILES string of the molecule is CCc1nc2ccc(C(=O)N(CC)Cc3ccccc3)cn2c1C. The maximum atomic E-state index is 12.9. The van der Waals surface area contributed by atoms with Crippen molar-refractivity contribution in [2.45, 2.75) is 33.7 Å². The summed E-state index contributed by atoms with van der Waals surface area (Å²) in [6, 6.07) is 13.9. The number of pyridine rings is 1. The molecule has 0 radical (unpaired) electrons. The highest BCUT2D eigenvalue weighted by molar-refractivity contribution is 5.94. The van der Waals surface area contributed by atoms with Gasteiger partial charge in [-0.25, -0.2) is 4.98 Å². The highest BCUT2D eigenvalue weighted by Gasteiger charge is 2.16. The standard InChI is InChI=1S/C20H23N3O/c1-4-18-15(3)23-14-17(11-12-19(23)21-18)20(24)22(5-2)13-16-9-7-6-8-10-16/h6-12,14H,4-5,13H2,1-3H3. The summed E-state index contributed by atoms with van der Waals surface area (Å²) in [5.74, 6) is 0.0504. The first-order valence-electron chi connectivity index (χ1n) is 8.44. The molecule has 1 aromatic carbocycles. The second kappa shape index (κ2) is 6.87. The number of nitrogens with zero attached hydrogens (tertiary/aromatic N) is 3. The minimum atomic E-state index is 0.0504. The Morgan fingerprint density at radius 3 is 2.54 bits per heavy atom. The maximum absolute atomic E-state index is 12.9. The van der Waals surface area contributed by atoms with Crippen LogP contribution in [0.3, 0.4) is 0 Å². The van der Waals surface area contributed by atoms with E-state index in [4.69, 9.17) is 0 Å². The van der Waals surface area contributed by atoms with Crippen LogP contribution in [0.5, 0.6) is 0 Å². The molecule has 0 aliphatic heterocycles. The fourth-order valence-corrected chi connectivity index (χ4v) is 2.99. The summed E-state index contributed by atoms with van der Waals surface area (Å²) >= 11 is 0. The second-order valence-corrected chi connectivity index (χ2v) is 5.95. The Kier molecular flexibility index (Phi) is 4.65. The van der Waals surface area contributed by atoms with E-state index in [0.717, 1.165) is 29.0 Å². The van der Waals surface area contributed by atoms with Gasteiger partial charge in [-0.3, -0.25) is 4.79 Å². The number of imidazole rings is 1. The number of amides is 1. The van der Waals surface area contributed by atoms with E-state index in [9.17, 15) is 4.79 Å². The molecule has 124 valence electrons. The molecule has 4 nitrogen and oxygen atoms in total. The van der Waals surface area contributed by atoms with Gasteiger partial charge in [-0.15, -0.1) is 0 Å². The summed E-state index contributed by atoms with van der Waals surface area (Å²) < 4.78 is 2.02. The van der Waals surface area contributed by atoms with Gasteiger partial charge >= 0.3 is 0 Å². The van der Waals surface area contributed by atoms with Crippen LogP contribution in [0, 0.1) is 6.92 Å². The van der Waals surface area contributed by atoms with E-state index in [0.29, 0.717) is 18.7 Å². The van der Waals surface area contributed by atoms with E-state index in [1.165, 1.54) is 0 Å². The van der Waals surface area contributed by atoms with Crippen molar-refractivity contribution in [1.29, 1.82) is 0 Å². The Bertz CT molecular complexity index is 852. The molecule has 0 saturated carbocycles. The number of aromatic nitrogens is 2. The molecule has 2 aromatic heterocycles. The molecular formula is C20H23N3O. The van der Waals surface area contributed by atoms with Crippen LogP contribution in [0.25, 0.3) is 5.65 Å². The van der Waals surface area contributed by atoms with Gasteiger partial charge in [-0.2, -0.15) is 0 Å². The van der Waals surface area contributed by atoms with Crippen LogP contribution >= 0.6 is 0 Å². The fourth-order valence-electron chi connectivity index (χ4n) is 2.99. The normalized spacial score (nSPS) is 11.0. The lowest BCUT2D eigenvalue weighted by atomic mass is 10.2. The van der Waals surface area contributed by atoms with Crippen LogP contribution < -0.4 is 0 Å². The van der Waals surface area contributed by atoms with Crippen molar-refractivity contribution in [3.05, 3.63) is 71.2 Å². The van der Waals surface area contributed by atoms with Crippen molar-refractivity contribution in [2.24, 2.45) is 0 Å². The van der Waals surface area contributed by atoms with Gasteiger partial charge in [0.2, 0.25) is 0 Å². The van der Waals surface area contributed by atoms with Crippen molar-refractivity contribution in [2.75, 3.05) is 6.54 Å². The quantitative estimate of drug-likeness (QED) is 0.715. The third-order valence-corrected chi connectivity index (χ3v) is 4.42. The number of rotatable bonds is 5. The Morgan fingerprint density at radius 1 is 1.12 bits per heavy atom.